The number of benzene rings is 1. The quantitative estimate of drug-likeness (QED) is 0.568. The zero-order valence-corrected chi connectivity index (χ0v) is 11.5. The van der Waals surface area contributed by atoms with Crippen LogP contribution in [0, 0.1) is 0 Å². The SMILES string of the molecule is CN1CC(=O)OB(COC(=O)c2ccccc2)OC(=O)C1. The Bertz CT molecular complexity index is 515. The van der Waals surface area contributed by atoms with Crippen LogP contribution in [0.4, 0.5) is 0 Å². The molecule has 1 aromatic rings. The average molecular weight is 291 g/mol. The first kappa shape index (κ1) is 15.1. The molecule has 1 aromatic carbocycles. The highest BCUT2D eigenvalue weighted by atomic mass is 16.7. The van der Waals surface area contributed by atoms with Gasteiger partial charge in [0.2, 0.25) is 0 Å². The summed E-state index contributed by atoms with van der Waals surface area (Å²) in [4.78, 5) is 36.2. The maximum absolute atomic E-state index is 11.7. The Morgan fingerprint density at radius 3 is 2.33 bits per heavy atom. The maximum atomic E-state index is 11.7. The summed E-state index contributed by atoms with van der Waals surface area (Å²) in [5, 5.41) is 0. The Morgan fingerprint density at radius 2 is 1.76 bits per heavy atom. The maximum Gasteiger partial charge on any atom is 0.639 e. The van der Waals surface area contributed by atoms with Crippen molar-refractivity contribution in [3.63, 3.8) is 0 Å². The van der Waals surface area contributed by atoms with E-state index in [4.69, 9.17) is 14.0 Å². The van der Waals surface area contributed by atoms with Crippen LogP contribution in [0.5, 0.6) is 0 Å². The van der Waals surface area contributed by atoms with Crippen LogP contribution < -0.4 is 0 Å². The van der Waals surface area contributed by atoms with Gasteiger partial charge in [0.25, 0.3) is 0 Å². The molecular formula is C13H14BNO6. The summed E-state index contributed by atoms with van der Waals surface area (Å²) < 4.78 is 14.8. The highest BCUT2D eigenvalue weighted by molar-refractivity contribution is 6.49. The van der Waals surface area contributed by atoms with Gasteiger partial charge in [-0.05, 0) is 19.2 Å². The predicted octanol–water partition coefficient (Wildman–Crippen LogP) is -0.0974. The van der Waals surface area contributed by atoms with Crippen molar-refractivity contribution in [2.75, 3.05) is 26.6 Å². The Balaban J connectivity index is 1.90. The van der Waals surface area contributed by atoms with Gasteiger partial charge in [0.05, 0.1) is 18.7 Å². The van der Waals surface area contributed by atoms with Crippen LogP contribution in [0.3, 0.4) is 0 Å². The number of nitrogens with zero attached hydrogens (tertiary/aromatic N) is 1. The minimum Gasteiger partial charge on any atom is -0.496 e. The van der Waals surface area contributed by atoms with Crippen molar-refractivity contribution < 1.29 is 28.4 Å². The van der Waals surface area contributed by atoms with Crippen molar-refractivity contribution in [2.45, 2.75) is 0 Å². The number of esters is 1. The van der Waals surface area contributed by atoms with Crippen LogP contribution in [-0.2, 0) is 23.6 Å². The van der Waals surface area contributed by atoms with Gasteiger partial charge in [0.1, 0.15) is 0 Å². The summed E-state index contributed by atoms with van der Waals surface area (Å²) in [6.07, 6.45) is 0. The summed E-state index contributed by atoms with van der Waals surface area (Å²) in [7, 11) is 0.379. The van der Waals surface area contributed by atoms with Crippen LogP contribution in [0.15, 0.2) is 30.3 Å². The summed E-state index contributed by atoms with van der Waals surface area (Å²) in [5.41, 5.74) is 0.362. The smallest absolute Gasteiger partial charge is 0.496 e. The number of carbonyl (C=O) groups excluding carboxylic acids is 3. The lowest BCUT2D eigenvalue weighted by Gasteiger charge is -2.22. The largest absolute Gasteiger partial charge is 0.639 e. The number of hydrogen-bond acceptors (Lipinski definition) is 7. The predicted molar refractivity (Wildman–Crippen MR) is 72.2 cm³/mol. The molecule has 1 aliphatic heterocycles. The Morgan fingerprint density at radius 1 is 1.19 bits per heavy atom. The number of likely N-dealkylation sites (N-methyl/N-ethyl adjacent to an activating group) is 1. The molecule has 0 atom stereocenters. The lowest BCUT2D eigenvalue weighted by atomic mass is 9.91. The van der Waals surface area contributed by atoms with Gasteiger partial charge in [0, 0.05) is 0 Å². The van der Waals surface area contributed by atoms with E-state index in [0.717, 1.165) is 0 Å². The van der Waals surface area contributed by atoms with Gasteiger partial charge in [-0.25, -0.2) is 4.79 Å². The molecule has 2 rings (SSSR count). The van der Waals surface area contributed by atoms with E-state index in [1.54, 1.807) is 37.4 Å². The summed E-state index contributed by atoms with van der Waals surface area (Å²) in [6.45, 7) is -0.397. The zero-order valence-electron chi connectivity index (χ0n) is 11.5. The number of rotatable bonds is 3. The van der Waals surface area contributed by atoms with Gasteiger partial charge in [-0.15, -0.1) is 0 Å². The Labute approximate surface area is 121 Å². The highest BCUT2D eigenvalue weighted by Gasteiger charge is 2.33. The van der Waals surface area contributed by atoms with Crippen LogP contribution in [0.2, 0.25) is 0 Å². The third-order valence-electron chi connectivity index (χ3n) is 2.68. The van der Waals surface area contributed by atoms with E-state index >= 15 is 0 Å². The fourth-order valence-corrected chi connectivity index (χ4v) is 1.76. The molecule has 110 valence electrons. The van der Waals surface area contributed by atoms with Crippen LogP contribution in [0.25, 0.3) is 0 Å². The molecule has 8 heteroatoms. The number of carbonyl (C=O) groups is 3. The molecule has 0 radical (unpaired) electrons. The van der Waals surface area contributed by atoms with Crippen LogP contribution in [0.1, 0.15) is 10.4 Å². The standard InChI is InChI=1S/C13H14BNO6/c1-15-7-11(16)20-14(21-12(17)8-15)9-19-13(18)10-5-3-2-4-6-10/h2-6H,7-9H2,1H3. The molecule has 7 nitrogen and oxygen atoms in total. The second kappa shape index (κ2) is 6.89. The van der Waals surface area contributed by atoms with E-state index < -0.39 is 25.0 Å². The van der Waals surface area contributed by atoms with E-state index in [0.29, 0.717) is 5.56 Å². The molecule has 0 aliphatic carbocycles. The molecule has 0 amide bonds. The molecule has 0 bridgehead atoms. The molecule has 0 N–H and O–H groups in total. The van der Waals surface area contributed by atoms with Crippen molar-refractivity contribution in [1.29, 1.82) is 0 Å². The minimum atomic E-state index is -1.22. The van der Waals surface area contributed by atoms with E-state index in [1.165, 1.54) is 4.90 Å². The van der Waals surface area contributed by atoms with Gasteiger partial charge in [-0.3, -0.25) is 14.5 Å². The molecule has 1 saturated heterocycles. The van der Waals surface area contributed by atoms with Crippen LogP contribution >= 0.6 is 0 Å². The molecular weight excluding hydrogens is 277 g/mol. The van der Waals surface area contributed by atoms with Gasteiger partial charge in [0.15, 0.2) is 6.51 Å². The van der Waals surface area contributed by atoms with Crippen molar-refractivity contribution in [2.24, 2.45) is 0 Å². The fraction of sp³-hybridized carbons (Fsp3) is 0.308. The molecule has 21 heavy (non-hydrogen) atoms. The van der Waals surface area contributed by atoms with E-state index in [-0.39, 0.29) is 19.6 Å². The first-order valence-electron chi connectivity index (χ1n) is 6.34. The minimum absolute atomic E-state index is 0.0295. The second-order valence-electron chi connectivity index (χ2n) is 4.55. The van der Waals surface area contributed by atoms with Gasteiger partial charge in [-0.2, -0.15) is 0 Å². The third-order valence-corrected chi connectivity index (χ3v) is 2.68. The summed E-state index contributed by atoms with van der Waals surface area (Å²) in [6, 6.07) is 8.34. The van der Waals surface area contributed by atoms with Crippen molar-refractivity contribution >= 4 is 25.0 Å². The number of ether oxygens (including phenoxy) is 1. The van der Waals surface area contributed by atoms with E-state index in [1.807, 2.05) is 0 Å². The third kappa shape index (κ3) is 4.60. The normalized spacial score (nSPS) is 16.5. The number of hydrogen-bond donors (Lipinski definition) is 0. The molecule has 0 spiro atoms. The van der Waals surface area contributed by atoms with Crippen molar-refractivity contribution in [1.82, 2.24) is 4.90 Å². The topological polar surface area (TPSA) is 82.1 Å². The first-order chi connectivity index (χ1) is 10.0. The Hall–Kier alpha value is -2.35. The van der Waals surface area contributed by atoms with Crippen LogP contribution in [-0.4, -0.2) is 56.6 Å². The van der Waals surface area contributed by atoms with Gasteiger partial charge in [-0.1, -0.05) is 18.2 Å². The summed E-state index contributed by atoms with van der Waals surface area (Å²) in [5.74, 6) is -1.68. The molecule has 0 aromatic heterocycles. The van der Waals surface area contributed by atoms with Gasteiger partial charge < -0.3 is 14.0 Å². The molecule has 1 heterocycles. The second-order valence-corrected chi connectivity index (χ2v) is 4.55. The van der Waals surface area contributed by atoms with E-state index in [9.17, 15) is 14.4 Å². The molecule has 0 unspecified atom stereocenters. The zero-order chi connectivity index (χ0) is 15.2. The lowest BCUT2D eigenvalue weighted by molar-refractivity contribution is -0.146. The fourth-order valence-electron chi connectivity index (χ4n) is 1.76. The van der Waals surface area contributed by atoms with Gasteiger partial charge >= 0.3 is 25.0 Å². The van der Waals surface area contributed by atoms with Crippen molar-refractivity contribution in [3.8, 4) is 0 Å². The van der Waals surface area contributed by atoms with E-state index in [2.05, 4.69) is 0 Å². The van der Waals surface area contributed by atoms with Crippen molar-refractivity contribution in [3.05, 3.63) is 35.9 Å². The molecule has 1 aliphatic rings. The summed E-state index contributed by atoms with van der Waals surface area (Å²) >= 11 is 0. The molecule has 1 fully saturated rings. The first-order valence-corrected chi connectivity index (χ1v) is 6.34. The monoisotopic (exact) mass is 291 g/mol. The highest BCUT2D eigenvalue weighted by Crippen LogP contribution is 2.04. The molecule has 0 saturated carbocycles. The average Bonchev–Trinajstić information content (AvgIpc) is 2.43. The Kier molecular flexibility index (Phi) is 4.94. The lowest BCUT2D eigenvalue weighted by Crippen LogP contribution is -2.44.